The van der Waals surface area contributed by atoms with Gasteiger partial charge in [0.05, 0.1) is 0 Å². The third-order valence-electron chi connectivity index (χ3n) is 3.25. The van der Waals surface area contributed by atoms with Gasteiger partial charge < -0.3 is 0 Å². The standard InChI is InChI=1S/C16H18BrN/c1-11-6-7-14(13(3)9-11)15(17)10-16-12(2)5-4-8-18-16/h4-9,15H,10H2,1-3H3. The van der Waals surface area contributed by atoms with Crippen LogP contribution in [0.25, 0.3) is 0 Å². The number of hydrogen-bond donors (Lipinski definition) is 0. The van der Waals surface area contributed by atoms with Crippen molar-refractivity contribution in [2.45, 2.75) is 32.0 Å². The van der Waals surface area contributed by atoms with Crippen molar-refractivity contribution in [3.8, 4) is 0 Å². The Kier molecular flexibility index (Phi) is 4.18. The Morgan fingerprint density at radius 2 is 1.89 bits per heavy atom. The fraction of sp³-hybridized carbons (Fsp3) is 0.312. The second-order valence-corrected chi connectivity index (χ2v) is 5.90. The minimum atomic E-state index is 0.326. The molecule has 2 heteroatoms. The lowest BCUT2D eigenvalue weighted by atomic mass is 9.99. The normalized spacial score (nSPS) is 12.4. The van der Waals surface area contributed by atoms with E-state index in [4.69, 9.17) is 0 Å². The Bertz CT molecular complexity index is 549. The minimum Gasteiger partial charge on any atom is -0.261 e. The van der Waals surface area contributed by atoms with Crippen molar-refractivity contribution in [3.05, 3.63) is 64.5 Å². The summed E-state index contributed by atoms with van der Waals surface area (Å²) >= 11 is 3.79. The summed E-state index contributed by atoms with van der Waals surface area (Å²) in [5, 5.41) is 0. The van der Waals surface area contributed by atoms with Gasteiger partial charge in [-0.05, 0) is 43.5 Å². The van der Waals surface area contributed by atoms with Crippen LogP contribution in [-0.4, -0.2) is 4.98 Å². The van der Waals surface area contributed by atoms with Gasteiger partial charge in [0.25, 0.3) is 0 Å². The minimum absolute atomic E-state index is 0.326. The molecule has 0 N–H and O–H groups in total. The number of aromatic nitrogens is 1. The molecule has 0 aliphatic rings. The van der Waals surface area contributed by atoms with Crippen molar-refractivity contribution >= 4 is 15.9 Å². The molecule has 0 bridgehead atoms. The van der Waals surface area contributed by atoms with Crippen LogP contribution in [0.2, 0.25) is 0 Å². The average Bonchev–Trinajstić information content (AvgIpc) is 2.32. The Morgan fingerprint density at radius 3 is 2.56 bits per heavy atom. The van der Waals surface area contributed by atoms with E-state index in [2.05, 4.69) is 66.0 Å². The Hall–Kier alpha value is -1.15. The van der Waals surface area contributed by atoms with E-state index in [0.717, 1.165) is 6.42 Å². The molecule has 0 radical (unpaired) electrons. The molecule has 0 aliphatic heterocycles. The molecule has 2 aromatic rings. The predicted octanol–water partition coefficient (Wildman–Crippen LogP) is 4.69. The molecule has 0 saturated carbocycles. The molecule has 0 aliphatic carbocycles. The van der Waals surface area contributed by atoms with Crippen LogP contribution in [0.5, 0.6) is 0 Å². The molecule has 1 heterocycles. The van der Waals surface area contributed by atoms with E-state index in [9.17, 15) is 0 Å². The summed E-state index contributed by atoms with van der Waals surface area (Å²) < 4.78 is 0. The summed E-state index contributed by atoms with van der Waals surface area (Å²) in [6.45, 7) is 6.41. The topological polar surface area (TPSA) is 12.9 Å². The first-order chi connectivity index (χ1) is 8.58. The summed E-state index contributed by atoms with van der Waals surface area (Å²) in [5.41, 5.74) is 6.42. The summed E-state index contributed by atoms with van der Waals surface area (Å²) in [6.07, 6.45) is 2.79. The number of alkyl halides is 1. The van der Waals surface area contributed by atoms with Gasteiger partial charge >= 0.3 is 0 Å². The quantitative estimate of drug-likeness (QED) is 0.750. The maximum Gasteiger partial charge on any atom is 0.0453 e. The first kappa shape index (κ1) is 13.3. The van der Waals surface area contributed by atoms with Crippen molar-refractivity contribution in [3.63, 3.8) is 0 Å². The number of pyridine rings is 1. The van der Waals surface area contributed by atoms with Gasteiger partial charge in [0.2, 0.25) is 0 Å². The maximum atomic E-state index is 4.46. The lowest BCUT2D eigenvalue weighted by Gasteiger charge is -2.14. The molecule has 0 fully saturated rings. The zero-order valence-electron chi connectivity index (χ0n) is 11.1. The molecule has 1 unspecified atom stereocenters. The van der Waals surface area contributed by atoms with E-state index >= 15 is 0 Å². The monoisotopic (exact) mass is 303 g/mol. The van der Waals surface area contributed by atoms with Gasteiger partial charge in [0.1, 0.15) is 0 Å². The van der Waals surface area contributed by atoms with Crippen LogP contribution in [0, 0.1) is 20.8 Å². The summed E-state index contributed by atoms with van der Waals surface area (Å²) in [7, 11) is 0. The molecular formula is C16H18BrN. The van der Waals surface area contributed by atoms with Crippen molar-refractivity contribution in [2.24, 2.45) is 0 Å². The maximum absolute atomic E-state index is 4.46. The third kappa shape index (κ3) is 2.99. The number of hydrogen-bond acceptors (Lipinski definition) is 1. The van der Waals surface area contributed by atoms with Crippen LogP contribution in [0.1, 0.15) is 32.8 Å². The highest BCUT2D eigenvalue weighted by Gasteiger charge is 2.13. The number of nitrogens with zero attached hydrogens (tertiary/aromatic N) is 1. The lowest BCUT2D eigenvalue weighted by molar-refractivity contribution is 0.885. The third-order valence-corrected chi connectivity index (χ3v) is 4.07. The zero-order chi connectivity index (χ0) is 13.1. The van der Waals surface area contributed by atoms with E-state index in [1.165, 1.54) is 27.9 Å². The Morgan fingerprint density at radius 1 is 1.11 bits per heavy atom. The van der Waals surface area contributed by atoms with Gasteiger partial charge in [0, 0.05) is 23.1 Å². The van der Waals surface area contributed by atoms with Gasteiger partial charge in [-0.1, -0.05) is 45.8 Å². The van der Waals surface area contributed by atoms with Gasteiger partial charge in [-0.3, -0.25) is 4.98 Å². The van der Waals surface area contributed by atoms with E-state index < -0.39 is 0 Å². The highest BCUT2D eigenvalue weighted by Crippen LogP contribution is 2.30. The second kappa shape index (κ2) is 5.66. The SMILES string of the molecule is Cc1ccc(C(Br)Cc2ncccc2C)c(C)c1. The largest absolute Gasteiger partial charge is 0.261 e. The van der Waals surface area contributed by atoms with Crippen molar-refractivity contribution < 1.29 is 0 Å². The zero-order valence-corrected chi connectivity index (χ0v) is 12.7. The number of aryl methyl sites for hydroxylation is 3. The molecule has 2 rings (SSSR count). The highest BCUT2D eigenvalue weighted by molar-refractivity contribution is 9.09. The predicted molar refractivity (Wildman–Crippen MR) is 80.3 cm³/mol. The van der Waals surface area contributed by atoms with Crippen molar-refractivity contribution in [1.29, 1.82) is 0 Å². The van der Waals surface area contributed by atoms with Crippen molar-refractivity contribution in [2.75, 3.05) is 0 Å². The molecule has 1 aromatic carbocycles. The molecule has 1 aromatic heterocycles. The van der Waals surface area contributed by atoms with Crippen LogP contribution < -0.4 is 0 Å². The molecule has 1 nitrogen and oxygen atoms in total. The lowest BCUT2D eigenvalue weighted by Crippen LogP contribution is -2.01. The molecule has 0 spiro atoms. The number of benzene rings is 1. The molecule has 94 valence electrons. The van der Waals surface area contributed by atoms with Crippen LogP contribution in [0.3, 0.4) is 0 Å². The number of rotatable bonds is 3. The Balaban J connectivity index is 2.22. The summed E-state index contributed by atoms with van der Waals surface area (Å²) in [4.78, 5) is 4.79. The van der Waals surface area contributed by atoms with Crippen LogP contribution in [0.15, 0.2) is 36.5 Å². The smallest absolute Gasteiger partial charge is 0.0453 e. The summed E-state index contributed by atoms with van der Waals surface area (Å²) in [6, 6.07) is 10.7. The molecule has 0 saturated heterocycles. The van der Waals surface area contributed by atoms with E-state index in [0.29, 0.717) is 4.83 Å². The first-order valence-electron chi connectivity index (χ1n) is 6.19. The Labute approximate surface area is 117 Å². The second-order valence-electron chi connectivity index (χ2n) is 4.80. The summed E-state index contributed by atoms with van der Waals surface area (Å²) in [5.74, 6) is 0. The van der Waals surface area contributed by atoms with Crippen LogP contribution in [0.4, 0.5) is 0 Å². The van der Waals surface area contributed by atoms with Gasteiger partial charge in [-0.25, -0.2) is 0 Å². The van der Waals surface area contributed by atoms with Gasteiger partial charge in [-0.2, -0.15) is 0 Å². The van der Waals surface area contributed by atoms with Gasteiger partial charge in [0.15, 0.2) is 0 Å². The molecule has 1 atom stereocenters. The fourth-order valence-corrected chi connectivity index (χ4v) is 3.01. The first-order valence-corrected chi connectivity index (χ1v) is 7.11. The molecular weight excluding hydrogens is 286 g/mol. The van der Waals surface area contributed by atoms with Gasteiger partial charge in [-0.15, -0.1) is 0 Å². The van der Waals surface area contributed by atoms with E-state index in [-0.39, 0.29) is 0 Å². The van der Waals surface area contributed by atoms with Crippen LogP contribution >= 0.6 is 15.9 Å². The molecule has 0 amide bonds. The number of halogens is 1. The highest BCUT2D eigenvalue weighted by atomic mass is 79.9. The van der Waals surface area contributed by atoms with Crippen molar-refractivity contribution in [1.82, 2.24) is 4.98 Å². The fourth-order valence-electron chi connectivity index (χ4n) is 2.19. The van der Waals surface area contributed by atoms with Crippen LogP contribution in [-0.2, 0) is 6.42 Å². The van der Waals surface area contributed by atoms with E-state index in [1.54, 1.807) is 0 Å². The average molecular weight is 304 g/mol. The van der Waals surface area contributed by atoms with E-state index in [1.807, 2.05) is 12.3 Å². The molecule has 18 heavy (non-hydrogen) atoms.